The van der Waals surface area contributed by atoms with Gasteiger partial charge in [-0.2, -0.15) is 0 Å². The SMILES string of the molecule is CN=C(NCc1ccc(CN2CCOCC2)cc1)NC(C)CCc1ccccc1.I. The molecule has 5 nitrogen and oxygen atoms in total. The summed E-state index contributed by atoms with van der Waals surface area (Å²) in [5.74, 6) is 0.850. The molecular formula is C24H35IN4O. The molecule has 1 heterocycles. The van der Waals surface area contributed by atoms with Gasteiger partial charge in [0, 0.05) is 39.3 Å². The smallest absolute Gasteiger partial charge is 0.191 e. The van der Waals surface area contributed by atoms with Gasteiger partial charge in [-0.1, -0.05) is 54.6 Å². The number of hydrogen-bond acceptors (Lipinski definition) is 3. The van der Waals surface area contributed by atoms with Crippen molar-refractivity contribution in [2.75, 3.05) is 33.4 Å². The van der Waals surface area contributed by atoms with Crippen LogP contribution in [0, 0.1) is 0 Å². The van der Waals surface area contributed by atoms with E-state index in [2.05, 4.69) is 82.0 Å². The minimum atomic E-state index is 0. The second-order valence-electron chi connectivity index (χ2n) is 7.70. The normalized spacial score (nSPS) is 15.9. The van der Waals surface area contributed by atoms with Gasteiger partial charge in [-0.25, -0.2) is 0 Å². The minimum Gasteiger partial charge on any atom is -0.379 e. The zero-order valence-corrected chi connectivity index (χ0v) is 20.5. The number of aryl methyl sites for hydroxylation is 1. The lowest BCUT2D eigenvalue weighted by molar-refractivity contribution is 0.0342. The molecule has 0 spiro atoms. The molecule has 0 aliphatic carbocycles. The van der Waals surface area contributed by atoms with Gasteiger partial charge in [-0.05, 0) is 36.5 Å². The third-order valence-electron chi connectivity index (χ3n) is 5.31. The van der Waals surface area contributed by atoms with Crippen molar-refractivity contribution in [3.63, 3.8) is 0 Å². The molecule has 1 saturated heterocycles. The Morgan fingerprint density at radius 3 is 2.33 bits per heavy atom. The van der Waals surface area contributed by atoms with Gasteiger partial charge in [0.15, 0.2) is 5.96 Å². The first-order valence-electron chi connectivity index (χ1n) is 10.6. The van der Waals surface area contributed by atoms with Crippen molar-refractivity contribution in [2.45, 2.75) is 38.9 Å². The zero-order chi connectivity index (χ0) is 20.3. The van der Waals surface area contributed by atoms with E-state index in [9.17, 15) is 0 Å². The van der Waals surface area contributed by atoms with Crippen LogP contribution < -0.4 is 10.6 Å². The van der Waals surface area contributed by atoms with Gasteiger partial charge in [0.05, 0.1) is 13.2 Å². The average molecular weight is 522 g/mol. The number of halogens is 1. The van der Waals surface area contributed by atoms with E-state index in [0.717, 1.165) is 58.2 Å². The molecule has 1 aliphatic heterocycles. The quantitative estimate of drug-likeness (QED) is 0.315. The molecule has 2 aromatic rings. The molecule has 0 aromatic heterocycles. The van der Waals surface area contributed by atoms with Crippen LogP contribution in [0.25, 0.3) is 0 Å². The van der Waals surface area contributed by atoms with E-state index >= 15 is 0 Å². The summed E-state index contributed by atoms with van der Waals surface area (Å²) < 4.78 is 5.42. The number of nitrogens with zero attached hydrogens (tertiary/aromatic N) is 2. The summed E-state index contributed by atoms with van der Waals surface area (Å²) >= 11 is 0. The van der Waals surface area contributed by atoms with Gasteiger partial charge in [0.1, 0.15) is 0 Å². The largest absolute Gasteiger partial charge is 0.379 e. The molecule has 0 amide bonds. The number of nitrogens with one attached hydrogen (secondary N) is 2. The van der Waals surface area contributed by atoms with E-state index in [-0.39, 0.29) is 24.0 Å². The van der Waals surface area contributed by atoms with E-state index in [1.807, 2.05) is 7.05 Å². The number of rotatable bonds is 8. The molecule has 0 bridgehead atoms. The van der Waals surface area contributed by atoms with Crippen molar-refractivity contribution in [1.29, 1.82) is 0 Å². The van der Waals surface area contributed by atoms with Gasteiger partial charge in [0.2, 0.25) is 0 Å². The van der Waals surface area contributed by atoms with Crippen molar-refractivity contribution in [3.05, 3.63) is 71.3 Å². The summed E-state index contributed by atoms with van der Waals surface area (Å²) in [6.07, 6.45) is 2.14. The van der Waals surface area contributed by atoms with E-state index in [4.69, 9.17) is 4.74 Å². The maximum atomic E-state index is 5.42. The molecule has 30 heavy (non-hydrogen) atoms. The lowest BCUT2D eigenvalue weighted by atomic mass is 10.1. The monoisotopic (exact) mass is 522 g/mol. The van der Waals surface area contributed by atoms with E-state index < -0.39 is 0 Å². The Morgan fingerprint density at radius 2 is 1.67 bits per heavy atom. The second-order valence-corrected chi connectivity index (χ2v) is 7.70. The van der Waals surface area contributed by atoms with Crippen molar-refractivity contribution in [1.82, 2.24) is 15.5 Å². The predicted molar refractivity (Wildman–Crippen MR) is 136 cm³/mol. The number of ether oxygens (including phenoxy) is 1. The van der Waals surface area contributed by atoms with Crippen LogP contribution in [0.4, 0.5) is 0 Å². The highest BCUT2D eigenvalue weighted by Gasteiger charge is 2.10. The Balaban J connectivity index is 0.00000320. The molecule has 1 fully saturated rings. The first-order valence-corrected chi connectivity index (χ1v) is 10.6. The van der Waals surface area contributed by atoms with Crippen molar-refractivity contribution in [2.24, 2.45) is 4.99 Å². The highest BCUT2D eigenvalue weighted by atomic mass is 127. The van der Waals surface area contributed by atoms with Gasteiger partial charge in [-0.3, -0.25) is 9.89 Å². The van der Waals surface area contributed by atoms with Crippen LogP contribution in [0.15, 0.2) is 59.6 Å². The Morgan fingerprint density at radius 1 is 1.00 bits per heavy atom. The third-order valence-corrected chi connectivity index (χ3v) is 5.31. The maximum absolute atomic E-state index is 5.42. The Labute approximate surface area is 198 Å². The number of aliphatic imine (C=N–C) groups is 1. The first kappa shape index (κ1) is 24.6. The molecule has 2 N–H and O–H groups in total. The number of morpholine rings is 1. The molecule has 1 unspecified atom stereocenters. The lowest BCUT2D eigenvalue weighted by Gasteiger charge is -2.26. The van der Waals surface area contributed by atoms with Crippen molar-refractivity contribution < 1.29 is 4.74 Å². The van der Waals surface area contributed by atoms with Crippen LogP contribution >= 0.6 is 24.0 Å². The first-order chi connectivity index (χ1) is 14.2. The molecule has 3 rings (SSSR count). The Kier molecular flexibility index (Phi) is 11.2. The molecular weight excluding hydrogens is 487 g/mol. The summed E-state index contributed by atoms with van der Waals surface area (Å²) in [5, 5.41) is 6.92. The van der Waals surface area contributed by atoms with Crippen LogP contribution in [-0.4, -0.2) is 50.3 Å². The number of guanidine groups is 1. The topological polar surface area (TPSA) is 48.9 Å². The summed E-state index contributed by atoms with van der Waals surface area (Å²) in [4.78, 5) is 6.81. The van der Waals surface area contributed by atoms with Crippen LogP contribution in [0.3, 0.4) is 0 Å². The molecule has 0 radical (unpaired) electrons. The van der Waals surface area contributed by atoms with Crippen LogP contribution in [0.5, 0.6) is 0 Å². The van der Waals surface area contributed by atoms with E-state index in [0.29, 0.717) is 6.04 Å². The fourth-order valence-corrected chi connectivity index (χ4v) is 3.49. The average Bonchev–Trinajstić information content (AvgIpc) is 2.77. The van der Waals surface area contributed by atoms with Gasteiger partial charge >= 0.3 is 0 Å². The molecule has 2 aromatic carbocycles. The maximum Gasteiger partial charge on any atom is 0.191 e. The summed E-state index contributed by atoms with van der Waals surface area (Å²) in [6, 6.07) is 19.8. The van der Waals surface area contributed by atoms with Crippen LogP contribution in [0.2, 0.25) is 0 Å². The Hall–Kier alpha value is -1.64. The Bertz CT molecular complexity index is 746. The minimum absolute atomic E-state index is 0. The molecule has 0 saturated carbocycles. The molecule has 164 valence electrons. The fourth-order valence-electron chi connectivity index (χ4n) is 3.49. The number of hydrogen-bond donors (Lipinski definition) is 2. The standard InChI is InChI=1S/C24H34N4O.HI/c1-20(8-9-21-6-4-3-5-7-21)27-24(25-2)26-18-22-10-12-23(13-11-22)19-28-14-16-29-17-15-28;/h3-7,10-13,20H,8-9,14-19H2,1-2H3,(H2,25,26,27);1H. The summed E-state index contributed by atoms with van der Waals surface area (Å²) in [5.41, 5.74) is 3.99. The second kappa shape index (κ2) is 13.6. The molecule has 1 aliphatic rings. The molecule has 1 atom stereocenters. The highest BCUT2D eigenvalue weighted by Crippen LogP contribution is 2.09. The van der Waals surface area contributed by atoms with Crippen LogP contribution in [0.1, 0.15) is 30.0 Å². The summed E-state index contributed by atoms with van der Waals surface area (Å²) in [6.45, 7) is 7.70. The van der Waals surface area contributed by atoms with Crippen LogP contribution in [-0.2, 0) is 24.2 Å². The van der Waals surface area contributed by atoms with Gasteiger partial charge in [0.25, 0.3) is 0 Å². The van der Waals surface area contributed by atoms with E-state index in [1.54, 1.807) is 0 Å². The summed E-state index contributed by atoms with van der Waals surface area (Å²) in [7, 11) is 1.82. The molecule has 6 heteroatoms. The predicted octanol–water partition coefficient (Wildman–Crippen LogP) is 3.82. The fraction of sp³-hybridized carbons (Fsp3) is 0.458. The highest BCUT2D eigenvalue weighted by molar-refractivity contribution is 14.0. The third kappa shape index (κ3) is 8.62. The number of benzene rings is 2. The zero-order valence-electron chi connectivity index (χ0n) is 18.1. The van der Waals surface area contributed by atoms with Crippen molar-refractivity contribution in [3.8, 4) is 0 Å². The lowest BCUT2D eigenvalue weighted by Crippen LogP contribution is -2.42. The van der Waals surface area contributed by atoms with Crippen molar-refractivity contribution >= 4 is 29.9 Å². The van der Waals surface area contributed by atoms with Gasteiger partial charge in [-0.15, -0.1) is 24.0 Å². The van der Waals surface area contributed by atoms with Gasteiger partial charge < -0.3 is 15.4 Å². The van der Waals surface area contributed by atoms with E-state index in [1.165, 1.54) is 16.7 Å².